The highest BCUT2D eigenvalue weighted by molar-refractivity contribution is 8.18. The van der Waals surface area contributed by atoms with Gasteiger partial charge in [0.15, 0.2) is 5.17 Å². The second kappa shape index (κ2) is 7.89. The van der Waals surface area contributed by atoms with E-state index < -0.39 is 5.91 Å². The fraction of sp³-hybridized carbons (Fsp3) is 0.167. The van der Waals surface area contributed by atoms with E-state index in [4.69, 9.17) is 25.5 Å². The van der Waals surface area contributed by atoms with Gasteiger partial charge in [-0.25, -0.2) is 0 Å². The van der Waals surface area contributed by atoms with Crippen LogP contribution in [0, 0.1) is 0 Å². The molecule has 0 fully saturated rings. The summed E-state index contributed by atoms with van der Waals surface area (Å²) in [4.78, 5) is 27.2. The van der Waals surface area contributed by atoms with Crippen molar-refractivity contribution >= 4 is 46.4 Å². The monoisotopic (exact) mass is 406 g/mol. The van der Waals surface area contributed by atoms with Gasteiger partial charge < -0.3 is 19.2 Å². The normalized spacial score (nSPS) is 15.0. The van der Waals surface area contributed by atoms with Crippen molar-refractivity contribution in [2.75, 3.05) is 14.2 Å². The maximum absolute atomic E-state index is 11.9. The fourth-order valence-electron chi connectivity index (χ4n) is 2.37. The van der Waals surface area contributed by atoms with Crippen molar-refractivity contribution in [2.24, 2.45) is 4.99 Å². The zero-order valence-corrected chi connectivity index (χ0v) is 16.2. The summed E-state index contributed by atoms with van der Waals surface area (Å²) in [7, 11) is 3.05. The van der Waals surface area contributed by atoms with Crippen LogP contribution in [-0.2, 0) is 9.59 Å². The van der Waals surface area contributed by atoms with Crippen LogP contribution in [0.25, 0.3) is 17.4 Å². The molecule has 0 atom stereocenters. The van der Waals surface area contributed by atoms with Gasteiger partial charge in [-0.05, 0) is 30.0 Å². The van der Waals surface area contributed by atoms with Gasteiger partial charge in [0, 0.05) is 19.1 Å². The summed E-state index contributed by atoms with van der Waals surface area (Å²) >= 11 is 7.19. The van der Waals surface area contributed by atoms with Crippen LogP contribution in [0.3, 0.4) is 0 Å². The Labute approximate surface area is 164 Å². The molecule has 3 rings (SSSR count). The first-order chi connectivity index (χ1) is 12.9. The lowest BCUT2D eigenvalue weighted by Crippen LogP contribution is -2.23. The Morgan fingerprint density at radius 1 is 1.26 bits per heavy atom. The number of amidine groups is 1. The van der Waals surface area contributed by atoms with Crippen molar-refractivity contribution in [1.29, 1.82) is 0 Å². The van der Waals surface area contributed by atoms with Gasteiger partial charge >= 0.3 is 0 Å². The number of hydrogen-bond donors (Lipinski definition) is 1. The largest absolute Gasteiger partial charge is 0.496 e. The van der Waals surface area contributed by atoms with Gasteiger partial charge in [0.05, 0.1) is 29.7 Å². The van der Waals surface area contributed by atoms with Gasteiger partial charge in [-0.2, -0.15) is 4.99 Å². The highest BCUT2D eigenvalue weighted by atomic mass is 35.5. The van der Waals surface area contributed by atoms with Gasteiger partial charge in [0.2, 0.25) is 5.91 Å². The number of nitrogens with zero attached hydrogens (tertiary/aromatic N) is 1. The lowest BCUT2D eigenvalue weighted by Gasteiger charge is -2.10. The van der Waals surface area contributed by atoms with Gasteiger partial charge in [-0.1, -0.05) is 11.6 Å². The Morgan fingerprint density at radius 2 is 2.00 bits per heavy atom. The second-order valence-electron chi connectivity index (χ2n) is 5.40. The highest BCUT2D eigenvalue weighted by Crippen LogP contribution is 2.39. The van der Waals surface area contributed by atoms with Crippen molar-refractivity contribution in [3.8, 4) is 22.8 Å². The minimum atomic E-state index is -0.438. The summed E-state index contributed by atoms with van der Waals surface area (Å²) in [6.45, 7) is 1.35. The number of amides is 2. The minimum Gasteiger partial charge on any atom is -0.496 e. The number of hydrogen-bond acceptors (Lipinski definition) is 6. The van der Waals surface area contributed by atoms with E-state index in [0.29, 0.717) is 38.5 Å². The third-order valence-corrected chi connectivity index (χ3v) is 4.74. The maximum atomic E-state index is 11.9. The molecule has 0 bridgehead atoms. The van der Waals surface area contributed by atoms with E-state index in [2.05, 4.69) is 10.3 Å². The van der Waals surface area contributed by atoms with Crippen molar-refractivity contribution in [3.63, 3.8) is 0 Å². The van der Waals surface area contributed by atoms with Crippen LogP contribution in [0.2, 0.25) is 5.02 Å². The molecule has 0 aliphatic carbocycles. The molecule has 2 heterocycles. The molecule has 0 spiro atoms. The Hall–Kier alpha value is -2.71. The summed E-state index contributed by atoms with van der Waals surface area (Å²) < 4.78 is 16.4. The number of benzene rings is 1. The van der Waals surface area contributed by atoms with Gasteiger partial charge in [0.1, 0.15) is 23.0 Å². The predicted octanol–water partition coefficient (Wildman–Crippen LogP) is 3.72. The van der Waals surface area contributed by atoms with Crippen LogP contribution in [-0.4, -0.2) is 31.2 Å². The third-order valence-electron chi connectivity index (χ3n) is 3.54. The van der Waals surface area contributed by atoms with Crippen molar-refractivity contribution < 1.29 is 23.5 Å². The smallest absolute Gasteiger partial charge is 0.286 e. The summed E-state index contributed by atoms with van der Waals surface area (Å²) in [6.07, 6.45) is 1.56. The van der Waals surface area contributed by atoms with Gasteiger partial charge in [-0.15, -0.1) is 0 Å². The van der Waals surface area contributed by atoms with Crippen LogP contribution >= 0.6 is 23.4 Å². The lowest BCUT2D eigenvalue weighted by molar-refractivity contribution is -0.117. The van der Waals surface area contributed by atoms with Crippen LogP contribution < -0.4 is 14.8 Å². The number of furan rings is 1. The molecule has 1 aromatic heterocycles. The molecular formula is C18H15ClN2O5S. The van der Waals surface area contributed by atoms with Crippen LogP contribution in [0.5, 0.6) is 11.5 Å². The van der Waals surface area contributed by atoms with E-state index in [1.165, 1.54) is 21.1 Å². The Kier molecular flexibility index (Phi) is 5.57. The molecular weight excluding hydrogens is 392 g/mol. The van der Waals surface area contributed by atoms with Crippen LogP contribution in [0.1, 0.15) is 12.7 Å². The van der Waals surface area contributed by atoms with Gasteiger partial charge in [0.25, 0.3) is 5.91 Å². The third kappa shape index (κ3) is 4.17. The van der Waals surface area contributed by atoms with Gasteiger partial charge in [-0.3, -0.25) is 9.59 Å². The Balaban J connectivity index is 1.88. The molecule has 9 heteroatoms. The molecule has 0 radical (unpaired) electrons. The number of halogens is 1. The molecule has 1 aliphatic heterocycles. The first kappa shape index (κ1) is 19.1. The second-order valence-corrected chi connectivity index (χ2v) is 6.84. The molecule has 1 aliphatic rings. The topological polar surface area (TPSA) is 90.1 Å². The van der Waals surface area contributed by atoms with E-state index in [1.54, 1.807) is 30.3 Å². The molecule has 140 valence electrons. The number of ether oxygens (including phenoxy) is 2. The van der Waals surface area contributed by atoms with E-state index in [1.807, 2.05) is 0 Å². The number of carbonyl (C=O) groups excluding carboxylic acids is 2. The highest BCUT2D eigenvalue weighted by Gasteiger charge is 2.23. The van der Waals surface area contributed by atoms with Crippen molar-refractivity contribution in [3.05, 3.63) is 40.0 Å². The lowest BCUT2D eigenvalue weighted by atomic mass is 10.1. The molecule has 0 saturated heterocycles. The minimum absolute atomic E-state index is 0.245. The number of thioether (sulfide) groups is 1. The Morgan fingerprint density at radius 3 is 2.67 bits per heavy atom. The zero-order chi connectivity index (χ0) is 19.6. The van der Waals surface area contributed by atoms with Crippen LogP contribution in [0.4, 0.5) is 0 Å². The summed E-state index contributed by atoms with van der Waals surface area (Å²) in [6, 6.07) is 6.81. The average molecular weight is 407 g/mol. The van der Waals surface area contributed by atoms with E-state index >= 15 is 0 Å². The van der Waals surface area contributed by atoms with Crippen molar-refractivity contribution in [2.45, 2.75) is 6.92 Å². The van der Waals surface area contributed by atoms with E-state index in [0.717, 1.165) is 11.8 Å². The fourth-order valence-corrected chi connectivity index (χ4v) is 3.44. The first-order valence-electron chi connectivity index (χ1n) is 7.73. The number of rotatable bonds is 4. The average Bonchev–Trinajstić information content (AvgIpc) is 3.21. The van der Waals surface area contributed by atoms with Crippen LogP contribution in [0.15, 0.2) is 38.6 Å². The predicted molar refractivity (Wildman–Crippen MR) is 104 cm³/mol. The number of aliphatic imine (C=N–C) groups is 1. The summed E-state index contributed by atoms with van der Waals surface area (Å²) in [5.41, 5.74) is 0.656. The molecule has 1 aromatic carbocycles. The number of carbonyl (C=O) groups is 2. The Bertz CT molecular complexity index is 980. The van der Waals surface area contributed by atoms with E-state index in [9.17, 15) is 9.59 Å². The quantitative estimate of drug-likeness (QED) is 0.778. The molecule has 27 heavy (non-hydrogen) atoms. The van der Waals surface area contributed by atoms with E-state index in [-0.39, 0.29) is 11.1 Å². The SMILES string of the molecule is COc1cc(-c2ccc(/C=C3\SC(NC(C)=O)=NC3=O)o2)c(OC)cc1Cl. The maximum Gasteiger partial charge on any atom is 0.286 e. The molecule has 2 aromatic rings. The molecule has 0 saturated carbocycles. The molecule has 7 nitrogen and oxygen atoms in total. The molecule has 0 unspecified atom stereocenters. The standard InChI is InChI=1S/C18H15ClN2O5S/c1-9(22)20-18-21-17(23)16(27-18)6-10-4-5-13(26-10)11-7-15(25-3)12(19)8-14(11)24-2/h4-8H,1-3H3,(H,20,21,22,23)/b16-6-. The van der Waals surface area contributed by atoms with Crippen molar-refractivity contribution in [1.82, 2.24) is 5.32 Å². The molecule has 1 N–H and O–H groups in total. The number of methoxy groups -OCH3 is 2. The number of nitrogens with one attached hydrogen (secondary N) is 1. The zero-order valence-electron chi connectivity index (χ0n) is 14.7. The summed E-state index contributed by atoms with van der Waals surface area (Å²) in [5, 5.41) is 3.15. The summed E-state index contributed by atoms with van der Waals surface area (Å²) in [5.74, 6) is 1.26. The molecule has 2 amide bonds. The first-order valence-corrected chi connectivity index (χ1v) is 8.92.